The molecule has 2 aromatic rings. The molecule has 0 saturated carbocycles. The predicted octanol–water partition coefficient (Wildman–Crippen LogP) is -0.350. The van der Waals surface area contributed by atoms with Gasteiger partial charge in [0.1, 0.15) is 12.7 Å². The van der Waals surface area contributed by atoms with Crippen LogP contribution < -0.4 is 5.43 Å². The average Bonchev–Trinajstić information content (AvgIpc) is 2.74. The van der Waals surface area contributed by atoms with Gasteiger partial charge in [-0.3, -0.25) is 10.2 Å². The topological polar surface area (TPSA) is 85.8 Å². The molecule has 0 saturated heterocycles. The van der Waals surface area contributed by atoms with E-state index in [0.717, 1.165) is 0 Å². The zero-order valence-corrected chi connectivity index (χ0v) is 6.41. The lowest BCUT2D eigenvalue weighted by molar-refractivity contribution is 0.0972. The average molecular weight is 179 g/mol. The van der Waals surface area contributed by atoms with Crippen LogP contribution in [0.15, 0.2) is 29.4 Å². The Labute approximate surface area is 72.3 Å². The van der Waals surface area contributed by atoms with Gasteiger partial charge in [0.15, 0.2) is 0 Å². The fourth-order valence-corrected chi connectivity index (χ4v) is 0.764. The SMILES string of the molecule is O=C(Nn1cnnc1)c1ccno1. The van der Waals surface area contributed by atoms with E-state index in [0.29, 0.717) is 0 Å². The molecule has 13 heavy (non-hydrogen) atoms. The first-order valence-electron chi connectivity index (χ1n) is 3.43. The molecular weight excluding hydrogens is 174 g/mol. The third-order valence-corrected chi connectivity index (χ3v) is 1.31. The van der Waals surface area contributed by atoms with E-state index in [1.54, 1.807) is 0 Å². The molecular formula is C6H5N5O2. The molecule has 7 nitrogen and oxygen atoms in total. The molecule has 0 atom stereocenters. The van der Waals surface area contributed by atoms with Crippen molar-refractivity contribution < 1.29 is 9.32 Å². The Morgan fingerprint density at radius 3 is 2.85 bits per heavy atom. The van der Waals surface area contributed by atoms with Crippen molar-refractivity contribution in [3.05, 3.63) is 30.7 Å². The summed E-state index contributed by atoms with van der Waals surface area (Å²) in [6.07, 6.45) is 4.10. The number of hydrogen-bond acceptors (Lipinski definition) is 5. The summed E-state index contributed by atoms with van der Waals surface area (Å²) < 4.78 is 5.94. The number of rotatable bonds is 2. The largest absolute Gasteiger partial charge is 0.351 e. The Morgan fingerprint density at radius 2 is 2.23 bits per heavy atom. The highest BCUT2D eigenvalue weighted by Gasteiger charge is 2.08. The van der Waals surface area contributed by atoms with E-state index >= 15 is 0 Å². The van der Waals surface area contributed by atoms with Crippen molar-refractivity contribution in [1.82, 2.24) is 20.0 Å². The Hall–Kier alpha value is -2.18. The summed E-state index contributed by atoms with van der Waals surface area (Å²) in [4.78, 5) is 11.3. The van der Waals surface area contributed by atoms with Gasteiger partial charge in [-0.05, 0) is 0 Å². The normalized spacial score (nSPS) is 9.85. The first-order valence-corrected chi connectivity index (χ1v) is 3.43. The molecule has 0 aliphatic carbocycles. The molecule has 0 aromatic carbocycles. The molecule has 1 N–H and O–H groups in total. The van der Waals surface area contributed by atoms with Gasteiger partial charge in [0.25, 0.3) is 0 Å². The number of amides is 1. The van der Waals surface area contributed by atoms with Crippen LogP contribution in [0.25, 0.3) is 0 Å². The third kappa shape index (κ3) is 1.53. The lowest BCUT2D eigenvalue weighted by atomic mass is 10.4. The number of nitrogens with one attached hydrogen (secondary N) is 1. The smallest absolute Gasteiger partial charge is 0.308 e. The number of carbonyl (C=O) groups excluding carboxylic acids is 1. The van der Waals surface area contributed by atoms with E-state index < -0.39 is 5.91 Å². The maximum Gasteiger partial charge on any atom is 0.308 e. The van der Waals surface area contributed by atoms with Crippen LogP contribution in [0.5, 0.6) is 0 Å². The maximum atomic E-state index is 11.3. The van der Waals surface area contributed by atoms with Crippen LogP contribution in [0.4, 0.5) is 0 Å². The quantitative estimate of drug-likeness (QED) is 0.680. The van der Waals surface area contributed by atoms with Crippen LogP contribution in [0.2, 0.25) is 0 Å². The number of hydrogen-bond donors (Lipinski definition) is 1. The molecule has 1 amide bonds. The monoisotopic (exact) mass is 179 g/mol. The molecule has 0 radical (unpaired) electrons. The minimum atomic E-state index is -0.405. The second-order valence-electron chi connectivity index (χ2n) is 2.19. The summed E-state index contributed by atoms with van der Waals surface area (Å²) in [5.41, 5.74) is 2.44. The number of aromatic nitrogens is 4. The van der Waals surface area contributed by atoms with E-state index in [-0.39, 0.29) is 5.76 Å². The molecule has 0 bridgehead atoms. The Bertz CT molecular complexity index is 379. The first kappa shape index (κ1) is 7.47. The van der Waals surface area contributed by atoms with Crippen molar-refractivity contribution in [1.29, 1.82) is 0 Å². The molecule has 2 rings (SSSR count). The summed E-state index contributed by atoms with van der Waals surface area (Å²) in [6.45, 7) is 0. The van der Waals surface area contributed by atoms with Gasteiger partial charge in [0, 0.05) is 6.07 Å². The summed E-state index contributed by atoms with van der Waals surface area (Å²) in [5.74, 6) is -0.272. The van der Waals surface area contributed by atoms with Crippen LogP contribution in [0, 0.1) is 0 Å². The second-order valence-corrected chi connectivity index (χ2v) is 2.19. The van der Waals surface area contributed by atoms with E-state index in [1.807, 2.05) is 0 Å². The Morgan fingerprint density at radius 1 is 1.46 bits per heavy atom. The molecule has 0 fully saturated rings. The van der Waals surface area contributed by atoms with Crippen molar-refractivity contribution in [3.63, 3.8) is 0 Å². The minimum Gasteiger partial charge on any atom is -0.351 e. The van der Waals surface area contributed by atoms with Crippen molar-refractivity contribution in [3.8, 4) is 0 Å². The molecule has 0 aliphatic rings. The zero-order valence-electron chi connectivity index (χ0n) is 6.41. The minimum absolute atomic E-state index is 0.133. The Balaban J connectivity index is 2.08. The summed E-state index contributed by atoms with van der Waals surface area (Å²) >= 11 is 0. The highest BCUT2D eigenvalue weighted by Crippen LogP contribution is 1.96. The fourth-order valence-electron chi connectivity index (χ4n) is 0.764. The van der Waals surface area contributed by atoms with E-state index in [1.165, 1.54) is 29.6 Å². The predicted molar refractivity (Wildman–Crippen MR) is 40.2 cm³/mol. The molecule has 0 aliphatic heterocycles. The number of nitrogens with zero attached hydrogens (tertiary/aromatic N) is 4. The van der Waals surface area contributed by atoms with Gasteiger partial charge in [-0.25, -0.2) is 4.68 Å². The fraction of sp³-hybridized carbons (Fsp3) is 0. The van der Waals surface area contributed by atoms with Gasteiger partial charge in [-0.2, -0.15) is 0 Å². The van der Waals surface area contributed by atoms with E-state index in [9.17, 15) is 4.79 Å². The van der Waals surface area contributed by atoms with Gasteiger partial charge < -0.3 is 4.52 Å². The number of carbonyl (C=O) groups is 1. The van der Waals surface area contributed by atoms with Gasteiger partial charge >= 0.3 is 5.91 Å². The van der Waals surface area contributed by atoms with Crippen molar-refractivity contribution in [2.45, 2.75) is 0 Å². The van der Waals surface area contributed by atoms with Crippen LogP contribution in [0.1, 0.15) is 10.6 Å². The Kier molecular flexibility index (Phi) is 1.75. The zero-order chi connectivity index (χ0) is 9.10. The maximum absolute atomic E-state index is 11.3. The summed E-state index contributed by atoms with van der Waals surface area (Å²) in [7, 11) is 0. The van der Waals surface area contributed by atoms with Gasteiger partial charge in [-0.15, -0.1) is 10.2 Å². The lowest BCUT2D eigenvalue weighted by Gasteiger charge is -1.99. The second kappa shape index (κ2) is 3.05. The van der Waals surface area contributed by atoms with Gasteiger partial charge in [0.2, 0.25) is 5.76 Å². The van der Waals surface area contributed by atoms with Crippen LogP contribution in [0.3, 0.4) is 0 Å². The van der Waals surface area contributed by atoms with Crippen LogP contribution in [-0.4, -0.2) is 25.9 Å². The molecule has 0 unspecified atom stereocenters. The first-order chi connectivity index (χ1) is 6.36. The molecule has 7 heteroatoms. The lowest BCUT2D eigenvalue weighted by Crippen LogP contribution is -2.20. The molecule has 0 spiro atoms. The molecule has 2 heterocycles. The molecule has 2 aromatic heterocycles. The third-order valence-electron chi connectivity index (χ3n) is 1.31. The highest BCUT2D eigenvalue weighted by atomic mass is 16.5. The standard InChI is InChI=1S/C6H5N5O2/c12-6(5-1-2-9-13-5)10-11-3-7-8-4-11/h1-4H,(H,10,12). The summed E-state index contributed by atoms with van der Waals surface area (Å²) in [5, 5.41) is 10.4. The molecule has 66 valence electrons. The van der Waals surface area contributed by atoms with E-state index in [2.05, 4.69) is 25.3 Å². The van der Waals surface area contributed by atoms with E-state index in [4.69, 9.17) is 0 Å². The highest BCUT2D eigenvalue weighted by molar-refractivity contribution is 5.97. The van der Waals surface area contributed by atoms with Crippen LogP contribution in [-0.2, 0) is 0 Å². The van der Waals surface area contributed by atoms with Crippen LogP contribution >= 0.6 is 0 Å². The summed E-state index contributed by atoms with van der Waals surface area (Å²) in [6, 6.07) is 1.46. The van der Waals surface area contributed by atoms with Crippen molar-refractivity contribution in [2.75, 3.05) is 5.43 Å². The van der Waals surface area contributed by atoms with Crippen molar-refractivity contribution >= 4 is 5.91 Å². The van der Waals surface area contributed by atoms with Gasteiger partial charge in [-0.1, -0.05) is 5.16 Å². The van der Waals surface area contributed by atoms with Crippen molar-refractivity contribution in [2.24, 2.45) is 0 Å². The van der Waals surface area contributed by atoms with Gasteiger partial charge in [0.05, 0.1) is 6.20 Å².